The number of carbonyl (C=O) groups excluding carboxylic acids is 2. The molecule has 0 spiro atoms. The lowest BCUT2D eigenvalue weighted by Gasteiger charge is -2.30. The summed E-state index contributed by atoms with van der Waals surface area (Å²) in [5.41, 5.74) is -3.28. The smallest absolute Gasteiger partial charge is 0.330 e. The summed E-state index contributed by atoms with van der Waals surface area (Å²) in [4.78, 5) is 47.5. The van der Waals surface area contributed by atoms with Gasteiger partial charge in [0, 0.05) is 26.1 Å². The van der Waals surface area contributed by atoms with E-state index in [-0.39, 0.29) is 5.88 Å². The average molecular weight is 379 g/mol. The lowest BCUT2D eigenvalue weighted by Crippen LogP contribution is -2.50. The molecule has 4 atom stereocenters. The fourth-order valence-corrected chi connectivity index (χ4v) is 2.78. The number of aromatic nitrogens is 2. The van der Waals surface area contributed by atoms with E-state index in [1.54, 1.807) is 0 Å². The molecule has 1 N–H and O–H groups in total. The van der Waals surface area contributed by atoms with Crippen LogP contribution in [0.3, 0.4) is 0 Å². The monoisotopic (exact) mass is 378 g/mol. The number of ether oxygens (including phenoxy) is 3. The molecule has 138 valence electrons. The van der Waals surface area contributed by atoms with E-state index in [2.05, 4.69) is 0 Å². The Labute approximate surface area is 145 Å². The molecule has 11 heteroatoms. The first-order valence-electron chi connectivity index (χ1n) is 7.20. The minimum absolute atomic E-state index is 0.382. The first kappa shape index (κ1) is 19.1. The van der Waals surface area contributed by atoms with E-state index in [0.717, 1.165) is 30.7 Å². The predicted octanol–water partition coefficient (Wildman–Crippen LogP) is -0.124. The zero-order valence-corrected chi connectivity index (χ0v) is 14.1. The molecule has 1 aliphatic heterocycles. The van der Waals surface area contributed by atoms with Crippen LogP contribution in [0.2, 0.25) is 0 Å². The molecule has 0 bridgehead atoms. The summed E-state index contributed by atoms with van der Waals surface area (Å²) >= 11 is 5.89. The highest BCUT2D eigenvalue weighted by molar-refractivity contribution is 6.18. The normalized spacial score (nSPS) is 28.6. The fraction of sp³-hybridized carbons (Fsp3) is 0.571. The summed E-state index contributed by atoms with van der Waals surface area (Å²) < 4.78 is 31.1. The van der Waals surface area contributed by atoms with Gasteiger partial charge in [-0.2, -0.15) is 0 Å². The van der Waals surface area contributed by atoms with Gasteiger partial charge in [0.15, 0.2) is 24.1 Å². The van der Waals surface area contributed by atoms with Crippen LogP contribution in [0.5, 0.6) is 0 Å². The second-order valence-electron chi connectivity index (χ2n) is 5.48. The van der Waals surface area contributed by atoms with E-state index in [9.17, 15) is 23.6 Å². The maximum atomic E-state index is 14.9. The van der Waals surface area contributed by atoms with Crippen LogP contribution in [-0.4, -0.2) is 51.9 Å². The first-order chi connectivity index (χ1) is 11.7. The van der Waals surface area contributed by atoms with Crippen molar-refractivity contribution in [2.24, 2.45) is 0 Å². The van der Waals surface area contributed by atoms with Gasteiger partial charge in [0.2, 0.25) is 0 Å². The number of carbonyl (C=O) groups is 2. The molecule has 0 aliphatic carbocycles. The molecule has 1 saturated heterocycles. The molecule has 2 heterocycles. The third-order valence-corrected chi connectivity index (χ3v) is 4.05. The van der Waals surface area contributed by atoms with E-state index in [0.29, 0.717) is 0 Å². The topological polar surface area (TPSA) is 117 Å². The third-order valence-electron chi connectivity index (χ3n) is 3.60. The maximum absolute atomic E-state index is 14.9. The van der Waals surface area contributed by atoms with Crippen molar-refractivity contribution in [2.45, 2.75) is 38.0 Å². The second kappa shape index (κ2) is 7.36. The Morgan fingerprint density at radius 1 is 1.40 bits per heavy atom. The van der Waals surface area contributed by atoms with Crippen LogP contribution in [0, 0.1) is 0 Å². The minimum atomic E-state index is -2.00. The number of hydrogen-bond donors (Lipinski definition) is 1. The van der Waals surface area contributed by atoms with Crippen molar-refractivity contribution in [3.05, 3.63) is 33.1 Å². The lowest BCUT2D eigenvalue weighted by molar-refractivity contribution is -0.171. The van der Waals surface area contributed by atoms with Crippen LogP contribution in [0.25, 0.3) is 0 Å². The molecule has 1 aromatic heterocycles. The average Bonchev–Trinajstić information content (AvgIpc) is 2.79. The SMILES string of the molecule is CC(=O)OC[C@@]1(CCl)O[C@@H](n2ccc(=O)[nH]c2=O)[C@H](F)[C@@H]1OC(C)=O. The summed E-state index contributed by atoms with van der Waals surface area (Å²) in [6.07, 6.45) is -4.02. The Hall–Kier alpha value is -2.20. The predicted molar refractivity (Wildman–Crippen MR) is 82.0 cm³/mol. The molecular formula is C14H16ClFN2O7. The van der Waals surface area contributed by atoms with Crippen molar-refractivity contribution >= 4 is 23.5 Å². The Morgan fingerprint density at radius 2 is 2.08 bits per heavy atom. The second-order valence-corrected chi connectivity index (χ2v) is 5.75. The van der Waals surface area contributed by atoms with Gasteiger partial charge in [-0.25, -0.2) is 9.18 Å². The van der Waals surface area contributed by atoms with E-state index in [4.69, 9.17) is 25.8 Å². The Balaban J connectivity index is 2.44. The van der Waals surface area contributed by atoms with Crippen LogP contribution in [0.15, 0.2) is 21.9 Å². The number of nitrogens with one attached hydrogen (secondary N) is 1. The third kappa shape index (κ3) is 3.90. The van der Waals surface area contributed by atoms with Gasteiger partial charge in [-0.15, -0.1) is 11.6 Å². The molecule has 0 saturated carbocycles. The molecule has 0 unspecified atom stereocenters. The van der Waals surface area contributed by atoms with Crippen LogP contribution in [-0.2, 0) is 23.8 Å². The van der Waals surface area contributed by atoms with Gasteiger partial charge in [-0.05, 0) is 0 Å². The van der Waals surface area contributed by atoms with Gasteiger partial charge in [0.1, 0.15) is 6.61 Å². The van der Waals surface area contributed by atoms with Crippen molar-refractivity contribution in [3.8, 4) is 0 Å². The van der Waals surface area contributed by atoms with Crippen molar-refractivity contribution in [3.63, 3.8) is 0 Å². The molecular weight excluding hydrogens is 363 g/mol. The van der Waals surface area contributed by atoms with Gasteiger partial charge in [-0.1, -0.05) is 0 Å². The molecule has 0 amide bonds. The summed E-state index contributed by atoms with van der Waals surface area (Å²) in [6.45, 7) is 1.71. The summed E-state index contributed by atoms with van der Waals surface area (Å²) in [7, 11) is 0. The summed E-state index contributed by atoms with van der Waals surface area (Å²) in [5, 5.41) is 0. The van der Waals surface area contributed by atoms with Gasteiger partial charge < -0.3 is 14.2 Å². The summed E-state index contributed by atoms with van der Waals surface area (Å²) in [5.74, 6) is -1.86. The van der Waals surface area contributed by atoms with Gasteiger partial charge in [-0.3, -0.25) is 23.9 Å². The standard InChI is InChI=1S/C14H16ClFN2O7/c1-7(19)23-6-14(5-15)11(24-8(2)20)10(16)12(25-14)18-4-3-9(21)17-13(18)22/h3-4,10-12H,5-6H2,1-2H3,(H,17,21,22)/t10-,11+,12-,14-/m1/s1. The Bertz CT molecular complexity index is 779. The molecule has 2 rings (SSSR count). The number of esters is 2. The highest BCUT2D eigenvalue weighted by Crippen LogP contribution is 2.41. The number of nitrogens with zero attached hydrogens (tertiary/aromatic N) is 1. The lowest BCUT2D eigenvalue weighted by atomic mass is 9.98. The zero-order valence-electron chi connectivity index (χ0n) is 13.4. The number of hydrogen-bond acceptors (Lipinski definition) is 7. The van der Waals surface area contributed by atoms with Crippen molar-refractivity contribution in [1.82, 2.24) is 9.55 Å². The Kier molecular flexibility index (Phi) is 5.63. The first-order valence-corrected chi connectivity index (χ1v) is 7.73. The minimum Gasteiger partial charge on any atom is -0.463 e. The highest BCUT2D eigenvalue weighted by atomic mass is 35.5. The number of H-pyrrole nitrogens is 1. The number of rotatable bonds is 5. The van der Waals surface area contributed by atoms with E-state index < -0.39 is 53.9 Å². The zero-order chi connectivity index (χ0) is 18.8. The van der Waals surface area contributed by atoms with Crippen molar-refractivity contribution in [2.75, 3.05) is 12.5 Å². The fourth-order valence-electron chi connectivity index (χ4n) is 2.49. The van der Waals surface area contributed by atoms with Crippen LogP contribution < -0.4 is 11.2 Å². The molecule has 1 fully saturated rings. The van der Waals surface area contributed by atoms with Crippen LogP contribution in [0.1, 0.15) is 20.1 Å². The molecule has 1 aliphatic rings. The number of alkyl halides is 2. The molecule has 0 aromatic carbocycles. The molecule has 0 radical (unpaired) electrons. The van der Waals surface area contributed by atoms with Crippen molar-refractivity contribution in [1.29, 1.82) is 0 Å². The van der Waals surface area contributed by atoms with Crippen LogP contribution >= 0.6 is 11.6 Å². The maximum Gasteiger partial charge on any atom is 0.330 e. The highest BCUT2D eigenvalue weighted by Gasteiger charge is 2.59. The van der Waals surface area contributed by atoms with E-state index >= 15 is 0 Å². The van der Waals surface area contributed by atoms with E-state index in [1.165, 1.54) is 0 Å². The molecule has 1 aromatic rings. The quantitative estimate of drug-likeness (QED) is 0.560. The Morgan fingerprint density at radius 3 is 2.60 bits per heavy atom. The van der Waals surface area contributed by atoms with Gasteiger partial charge in [0.25, 0.3) is 5.56 Å². The number of aromatic amines is 1. The number of halogens is 2. The largest absolute Gasteiger partial charge is 0.463 e. The van der Waals surface area contributed by atoms with Crippen LogP contribution in [0.4, 0.5) is 4.39 Å². The van der Waals surface area contributed by atoms with E-state index in [1.807, 2.05) is 4.98 Å². The molecule has 9 nitrogen and oxygen atoms in total. The summed E-state index contributed by atoms with van der Waals surface area (Å²) in [6, 6.07) is 1.01. The molecule has 25 heavy (non-hydrogen) atoms. The van der Waals surface area contributed by atoms with Gasteiger partial charge in [0.05, 0.1) is 5.88 Å². The van der Waals surface area contributed by atoms with Gasteiger partial charge >= 0.3 is 17.6 Å². The van der Waals surface area contributed by atoms with Crippen molar-refractivity contribution < 1.29 is 28.2 Å².